The van der Waals surface area contributed by atoms with Gasteiger partial charge >= 0.3 is 0 Å². The van der Waals surface area contributed by atoms with Crippen molar-refractivity contribution in [2.24, 2.45) is 8.80 Å². The lowest BCUT2D eigenvalue weighted by molar-refractivity contribution is 0.391. The number of hydrogen-bond donors (Lipinski definition) is 0. The minimum atomic E-state index is -0.479. The second kappa shape index (κ2) is 25.2. The van der Waals surface area contributed by atoms with Gasteiger partial charge < -0.3 is 18.3 Å². The third-order valence-corrected chi connectivity index (χ3v) is 19.4. The summed E-state index contributed by atoms with van der Waals surface area (Å²) in [5.74, 6) is 0. The number of furan rings is 2. The number of allylic oxidation sites excluding steroid dienone is 14. The van der Waals surface area contributed by atoms with Crippen LogP contribution < -0.4 is 0 Å². The van der Waals surface area contributed by atoms with Crippen LogP contribution in [-0.4, -0.2) is 28.4 Å². The first kappa shape index (κ1) is 59.3. The summed E-state index contributed by atoms with van der Waals surface area (Å²) in [5, 5.41) is 6.78. The Balaban J connectivity index is 0.766. The van der Waals surface area contributed by atoms with Crippen molar-refractivity contribution >= 4 is 102 Å². The predicted molar refractivity (Wildman–Crippen MR) is 400 cm³/mol. The van der Waals surface area contributed by atoms with Crippen molar-refractivity contribution in [3.63, 3.8) is 0 Å². The molecule has 456 valence electrons. The van der Waals surface area contributed by atoms with Gasteiger partial charge in [0.25, 0.3) is 0 Å². The van der Waals surface area contributed by atoms with Crippen LogP contribution in [0.5, 0.6) is 0 Å². The van der Waals surface area contributed by atoms with Crippen LogP contribution in [0.1, 0.15) is 75.3 Å². The summed E-state index contributed by atoms with van der Waals surface area (Å²) >= 11 is 1.08. The smallest absolute Gasteiger partial charge is 0.136 e. The van der Waals surface area contributed by atoms with Crippen LogP contribution in [-0.2, 0) is 5.41 Å². The van der Waals surface area contributed by atoms with Gasteiger partial charge in [0, 0.05) is 68.4 Å². The van der Waals surface area contributed by atoms with Gasteiger partial charge in [-0.3, -0.25) is 0 Å². The highest BCUT2D eigenvalue weighted by molar-refractivity contribution is 7.96. The fraction of sp³-hybridized carbons (Fsp3) is 0.103. The Hall–Kier alpha value is -11.0. The molecule has 0 amide bonds. The van der Waals surface area contributed by atoms with E-state index in [2.05, 4.69) is 321 Å². The molecule has 10 aromatic carbocycles. The Labute approximate surface area is 553 Å². The van der Waals surface area contributed by atoms with Crippen molar-refractivity contribution in [1.29, 1.82) is 0 Å². The second-order valence-corrected chi connectivity index (χ2v) is 25.2. The van der Waals surface area contributed by atoms with E-state index in [1.807, 2.05) is 30.5 Å². The van der Waals surface area contributed by atoms with Crippen molar-refractivity contribution in [2.45, 2.75) is 58.9 Å². The normalized spacial score (nSPS) is 14.9. The molecule has 15 rings (SSSR count). The molecular formula is C87H70N4O2S. The van der Waals surface area contributed by atoms with E-state index in [1.165, 1.54) is 44.6 Å². The van der Waals surface area contributed by atoms with Crippen LogP contribution in [0.4, 0.5) is 0 Å². The topological polar surface area (TPSA) is 59.2 Å². The number of rotatable bonds is 17. The van der Waals surface area contributed by atoms with Crippen molar-refractivity contribution < 1.29 is 8.83 Å². The van der Waals surface area contributed by atoms with Crippen LogP contribution in [0.2, 0.25) is 0 Å². The third kappa shape index (κ3) is 10.6. The molecular weight excluding hydrogens is 1170 g/mol. The molecule has 7 heteroatoms. The zero-order valence-corrected chi connectivity index (χ0v) is 54.2. The maximum Gasteiger partial charge on any atom is 0.136 e. The average molecular weight is 1240 g/mol. The summed E-state index contributed by atoms with van der Waals surface area (Å²) in [7, 11) is 0. The zero-order chi connectivity index (χ0) is 63.9. The van der Waals surface area contributed by atoms with E-state index in [9.17, 15) is 0 Å². The Morgan fingerprint density at radius 3 is 1.72 bits per heavy atom. The number of benzene rings is 10. The molecule has 0 radical (unpaired) electrons. The first-order valence-electron chi connectivity index (χ1n) is 32.4. The Bertz CT molecular complexity index is 5230. The SMILES string of the molecule is C=NSN=CC(=C\C=C(/C)N(C1=CCCC=C1)C(C)/C=C\C(=C/C)c1ccc2c(c1)C(c1ccccc1)(c1ccccc1)c1ccccc1-2)/C(C)=C/C=C(\C)n1c2ccc(-c3ccc4c(c3)oc3ccccc34)cc2c2cc(-c3ccc4c(c3)oc3ccccc34)ccc21. The zero-order valence-electron chi connectivity index (χ0n) is 53.4. The van der Waals surface area contributed by atoms with E-state index in [4.69, 9.17) is 8.83 Å². The van der Waals surface area contributed by atoms with Gasteiger partial charge in [-0.15, -0.1) is 0 Å². The minimum Gasteiger partial charge on any atom is -0.456 e. The van der Waals surface area contributed by atoms with Crippen molar-refractivity contribution in [3.05, 3.63) is 336 Å². The summed E-state index contributed by atoms with van der Waals surface area (Å²) in [6.45, 7) is 14.7. The van der Waals surface area contributed by atoms with Gasteiger partial charge in [0.1, 0.15) is 34.5 Å². The van der Waals surface area contributed by atoms with Crippen LogP contribution in [0.25, 0.3) is 110 Å². The van der Waals surface area contributed by atoms with E-state index in [0.717, 1.165) is 141 Å². The van der Waals surface area contributed by atoms with E-state index in [-0.39, 0.29) is 6.04 Å². The molecule has 0 aliphatic heterocycles. The van der Waals surface area contributed by atoms with Crippen molar-refractivity contribution in [2.75, 3.05) is 0 Å². The largest absolute Gasteiger partial charge is 0.456 e. The molecule has 0 saturated carbocycles. The number of nitrogens with zero attached hydrogens (tertiary/aromatic N) is 4. The Morgan fingerprint density at radius 1 is 0.553 bits per heavy atom. The fourth-order valence-electron chi connectivity index (χ4n) is 14.5. The van der Waals surface area contributed by atoms with Crippen LogP contribution in [0.3, 0.4) is 0 Å². The van der Waals surface area contributed by atoms with E-state index in [0.29, 0.717) is 0 Å². The molecule has 13 aromatic rings. The molecule has 0 N–H and O–H groups in total. The molecule has 94 heavy (non-hydrogen) atoms. The lowest BCUT2D eigenvalue weighted by Gasteiger charge is -2.34. The first-order valence-corrected chi connectivity index (χ1v) is 33.1. The number of fused-ring (bicyclic) bond motifs is 12. The quantitative estimate of drug-likeness (QED) is 0.0518. The molecule has 1 atom stereocenters. The number of aromatic nitrogens is 1. The van der Waals surface area contributed by atoms with Crippen molar-refractivity contribution in [3.8, 4) is 33.4 Å². The molecule has 3 aromatic heterocycles. The predicted octanol–water partition coefficient (Wildman–Crippen LogP) is 23.8. The molecule has 0 saturated heterocycles. The van der Waals surface area contributed by atoms with Crippen LogP contribution >= 0.6 is 12.1 Å². The van der Waals surface area contributed by atoms with Gasteiger partial charge in [-0.2, -0.15) is 0 Å². The van der Waals surface area contributed by atoms with Gasteiger partial charge in [0.05, 0.1) is 16.4 Å². The summed E-state index contributed by atoms with van der Waals surface area (Å²) in [4.78, 5) is 2.44. The summed E-state index contributed by atoms with van der Waals surface area (Å²) in [6.07, 6.45) is 26.5. The molecule has 0 bridgehead atoms. The molecule has 0 spiro atoms. The highest BCUT2D eigenvalue weighted by atomic mass is 32.2. The molecule has 2 aliphatic rings. The van der Waals surface area contributed by atoms with Gasteiger partial charge in [-0.05, 0) is 210 Å². The molecule has 1 unspecified atom stereocenters. The average Bonchev–Trinajstić information content (AvgIpc) is 1.53. The van der Waals surface area contributed by atoms with E-state index in [1.54, 1.807) is 0 Å². The highest BCUT2D eigenvalue weighted by Gasteiger charge is 2.46. The fourth-order valence-corrected chi connectivity index (χ4v) is 14.7. The monoisotopic (exact) mass is 1230 g/mol. The lowest BCUT2D eigenvalue weighted by Crippen LogP contribution is -2.29. The van der Waals surface area contributed by atoms with E-state index < -0.39 is 5.41 Å². The van der Waals surface area contributed by atoms with Gasteiger partial charge in [-0.25, -0.2) is 8.80 Å². The highest BCUT2D eigenvalue weighted by Crippen LogP contribution is 2.56. The van der Waals surface area contributed by atoms with Crippen molar-refractivity contribution in [1.82, 2.24) is 9.47 Å². The lowest BCUT2D eigenvalue weighted by atomic mass is 9.67. The summed E-state index contributed by atoms with van der Waals surface area (Å²) in [5.41, 5.74) is 25.0. The van der Waals surface area contributed by atoms with Gasteiger partial charge in [-0.1, -0.05) is 200 Å². The summed E-state index contributed by atoms with van der Waals surface area (Å²) < 4.78 is 23.8. The Kier molecular flexibility index (Phi) is 15.9. The van der Waals surface area contributed by atoms with Crippen LogP contribution in [0, 0.1) is 0 Å². The number of para-hydroxylation sites is 2. The second-order valence-electron chi connectivity index (χ2n) is 24.6. The maximum absolute atomic E-state index is 6.40. The molecule has 0 fully saturated rings. The minimum absolute atomic E-state index is 0.00111. The maximum atomic E-state index is 6.40. The van der Waals surface area contributed by atoms with Crippen LogP contribution in [0.15, 0.2) is 325 Å². The molecule has 6 nitrogen and oxygen atoms in total. The molecule has 3 heterocycles. The van der Waals surface area contributed by atoms with E-state index >= 15 is 0 Å². The molecule has 2 aliphatic carbocycles. The third-order valence-electron chi connectivity index (χ3n) is 19.1. The van der Waals surface area contributed by atoms with Gasteiger partial charge in [0.2, 0.25) is 0 Å². The number of hydrogen-bond acceptors (Lipinski definition) is 6. The standard InChI is InChI=1S/C87H70N4O2S/c1-7-61(64-41-46-72-71-29-17-20-32-79(71)87(80(72)53-64,68-23-11-8-12-24-68)69-25-13-9-14-26-69)39-37-58(3)90(70-27-15-10-16-28-70)59(4)38-40-67(56-89-94-88-6)57(2)35-36-60(5)91-81-49-44-62(65-42-47-75-73-30-18-21-33-83(73)92-85(75)54-65)51-77(81)78-52-63(45-50-82(78)91)66-43-48-76-74-31-19-22-34-84(74)93-86(76)55-66/h7-9,11-15,17-56,58H,6,10,16H2,1-5H3/b39-37-,57-35+,59-38+,60-36+,61-7+,67-40+,89-56?. The van der Waals surface area contributed by atoms with Gasteiger partial charge in [0.15, 0.2) is 0 Å². The summed E-state index contributed by atoms with van der Waals surface area (Å²) in [6, 6.07) is 81.4. The first-order chi connectivity index (χ1) is 46.2. The Morgan fingerprint density at radius 2 is 1.12 bits per heavy atom.